The van der Waals surface area contributed by atoms with E-state index >= 15 is 0 Å². The summed E-state index contributed by atoms with van der Waals surface area (Å²) in [4.78, 5) is 16.6. The molecule has 1 aliphatic carbocycles. The molecule has 1 spiro atoms. The Hall–Kier alpha value is -0.950. The normalized spacial score (nSPS) is 45.8. The average Bonchev–Trinajstić information content (AvgIpc) is 2.88. The van der Waals surface area contributed by atoms with Crippen molar-refractivity contribution in [2.24, 2.45) is 17.8 Å². The lowest BCUT2D eigenvalue weighted by atomic mass is 9.59. The highest BCUT2D eigenvalue weighted by molar-refractivity contribution is 7.10. The smallest absolute Gasteiger partial charge is 0.236 e. The predicted molar refractivity (Wildman–Crippen MR) is 93.3 cm³/mol. The lowest BCUT2D eigenvalue weighted by Crippen LogP contribution is -2.66. The van der Waals surface area contributed by atoms with E-state index in [0.29, 0.717) is 11.8 Å². The van der Waals surface area contributed by atoms with Crippen molar-refractivity contribution in [2.45, 2.75) is 71.1 Å². The Bertz CT molecular complexity index is 746. The van der Waals surface area contributed by atoms with E-state index in [4.69, 9.17) is 19.2 Å². The van der Waals surface area contributed by atoms with Crippen LogP contribution in [0.5, 0.6) is 0 Å². The topological polar surface area (TPSA) is 49.8 Å². The van der Waals surface area contributed by atoms with Crippen molar-refractivity contribution in [3.8, 4) is 0 Å². The van der Waals surface area contributed by atoms with Crippen LogP contribution in [0.4, 0.5) is 0 Å². The maximum atomic E-state index is 6.46. The molecule has 6 heteroatoms. The number of aryl methyl sites for hydroxylation is 1. The van der Waals surface area contributed by atoms with Gasteiger partial charge in [0.2, 0.25) is 12.1 Å². The molecule has 2 bridgehead atoms. The third kappa shape index (κ3) is 2.14. The maximum Gasteiger partial charge on any atom is 0.236 e. The number of thiazole rings is 1. The molecule has 0 amide bonds. The molecule has 1 saturated carbocycles. The molecule has 5 aliphatic rings. The monoisotopic (exact) mass is 363 g/mol. The van der Waals surface area contributed by atoms with E-state index < -0.39 is 17.7 Å². The Morgan fingerprint density at radius 1 is 1.20 bits per heavy atom. The van der Waals surface area contributed by atoms with Crippen LogP contribution < -0.4 is 0 Å². The first-order valence-corrected chi connectivity index (χ1v) is 10.2. The highest BCUT2D eigenvalue weighted by atomic mass is 32.1. The standard InChI is InChI=1S/C19H25NO4S/c1-10-5-6-14-12(3)15(16-20-11(2)9-25-16)21-17-19(14)13(10)7-8-18(4,22-17)23-24-19/h9-10,13-14,17H,5-8H2,1-4H3/t10-,13+,14+,17?,18+,19-/m1/s1. The van der Waals surface area contributed by atoms with E-state index in [1.165, 1.54) is 12.0 Å². The SMILES string of the molecule is CC1=C(c2nc(C)cs2)OC2O[C@]3(C)CC[C@H]4[C@H](C)CC[C@@H]1[C@@]24OO3. The third-order valence-corrected chi connectivity index (χ3v) is 7.60. The molecular formula is C19H25NO4S. The van der Waals surface area contributed by atoms with Gasteiger partial charge in [0.15, 0.2) is 16.4 Å². The van der Waals surface area contributed by atoms with E-state index in [0.717, 1.165) is 35.7 Å². The van der Waals surface area contributed by atoms with Gasteiger partial charge in [-0.3, -0.25) is 0 Å². The molecule has 4 fully saturated rings. The third-order valence-electron chi connectivity index (χ3n) is 6.64. The second-order valence-electron chi connectivity index (χ2n) is 8.28. The lowest BCUT2D eigenvalue weighted by molar-refractivity contribution is -0.553. The number of aromatic nitrogens is 1. The second-order valence-corrected chi connectivity index (χ2v) is 9.14. The molecule has 4 aliphatic heterocycles. The van der Waals surface area contributed by atoms with Crippen LogP contribution in [0.15, 0.2) is 11.0 Å². The summed E-state index contributed by atoms with van der Waals surface area (Å²) in [7, 11) is 0. The van der Waals surface area contributed by atoms with Crippen molar-refractivity contribution in [3.05, 3.63) is 21.7 Å². The van der Waals surface area contributed by atoms with Crippen LogP contribution >= 0.6 is 11.3 Å². The number of nitrogens with zero attached hydrogens (tertiary/aromatic N) is 1. The van der Waals surface area contributed by atoms with Gasteiger partial charge in [-0.15, -0.1) is 11.3 Å². The molecular weight excluding hydrogens is 338 g/mol. The maximum absolute atomic E-state index is 6.46. The van der Waals surface area contributed by atoms with Crippen molar-refractivity contribution in [1.29, 1.82) is 0 Å². The summed E-state index contributed by atoms with van der Waals surface area (Å²) >= 11 is 1.63. The van der Waals surface area contributed by atoms with Gasteiger partial charge in [0.1, 0.15) is 0 Å². The first-order chi connectivity index (χ1) is 11.9. The summed E-state index contributed by atoms with van der Waals surface area (Å²) in [5.74, 6) is 1.36. The zero-order chi connectivity index (χ0) is 17.4. The number of fused-ring (bicyclic) bond motifs is 2. The summed E-state index contributed by atoms with van der Waals surface area (Å²) in [5.41, 5.74) is 1.71. The fourth-order valence-corrected chi connectivity index (χ4v) is 6.14. The molecule has 0 radical (unpaired) electrons. The fourth-order valence-electron chi connectivity index (χ4n) is 5.29. The zero-order valence-corrected chi connectivity index (χ0v) is 16.0. The van der Waals surface area contributed by atoms with Gasteiger partial charge in [-0.05, 0) is 51.5 Å². The highest BCUT2D eigenvalue weighted by Crippen LogP contribution is 2.60. The number of ether oxygens (including phenoxy) is 2. The van der Waals surface area contributed by atoms with E-state index in [1.54, 1.807) is 11.3 Å². The van der Waals surface area contributed by atoms with Gasteiger partial charge in [0, 0.05) is 29.3 Å². The minimum absolute atomic E-state index is 0.245. The largest absolute Gasteiger partial charge is 0.458 e. The summed E-state index contributed by atoms with van der Waals surface area (Å²) in [6, 6.07) is 0. The van der Waals surface area contributed by atoms with Crippen LogP contribution in [0.1, 0.15) is 57.2 Å². The first-order valence-electron chi connectivity index (χ1n) is 9.27. The molecule has 6 atom stereocenters. The molecule has 0 N–H and O–H groups in total. The van der Waals surface area contributed by atoms with Crippen LogP contribution in [0.2, 0.25) is 0 Å². The molecule has 25 heavy (non-hydrogen) atoms. The average molecular weight is 363 g/mol. The van der Waals surface area contributed by atoms with Gasteiger partial charge in [-0.25, -0.2) is 14.8 Å². The molecule has 1 aromatic rings. The van der Waals surface area contributed by atoms with Crippen LogP contribution in [0.3, 0.4) is 0 Å². The summed E-state index contributed by atoms with van der Waals surface area (Å²) < 4.78 is 12.8. The van der Waals surface area contributed by atoms with E-state index in [1.807, 2.05) is 13.8 Å². The Labute approximate surface area is 152 Å². The summed E-state index contributed by atoms with van der Waals surface area (Å²) in [5, 5.41) is 3.01. The Morgan fingerprint density at radius 3 is 2.80 bits per heavy atom. The minimum atomic E-state index is -0.729. The molecule has 136 valence electrons. The highest BCUT2D eigenvalue weighted by Gasteiger charge is 2.68. The van der Waals surface area contributed by atoms with E-state index in [9.17, 15) is 0 Å². The zero-order valence-electron chi connectivity index (χ0n) is 15.2. The Balaban J connectivity index is 1.66. The van der Waals surface area contributed by atoms with Crippen molar-refractivity contribution in [1.82, 2.24) is 4.98 Å². The lowest BCUT2D eigenvalue weighted by Gasteiger charge is -2.57. The second kappa shape index (κ2) is 5.28. The molecule has 1 unspecified atom stereocenters. The first kappa shape index (κ1) is 16.2. The molecule has 3 saturated heterocycles. The fraction of sp³-hybridized carbons (Fsp3) is 0.737. The minimum Gasteiger partial charge on any atom is -0.458 e. The molecule has 0 aromatic carbocycles. The molecule has 6 rings (SSSR count). The van der Waals surface area contributed by atoms with Crippen molar-refractivity contribution in [2.75, 3.05) is 0 Å². The molecule has 5 nitrogen and oxygen atoms in total. The quantitative estimate of drug-likeness (QED) is 0.691. The van der Waals surface area contributed by atoms with Crippen molar-refractivity contribution >= 4 is 17.1 Å². The number of hydrogen-bond donors (Lipinski definition) is 0. The van der Waals surface area contributed by atoms with Gasteiger partial charge in [0.05, 0.1) is 0 Å². The Kier molecular flexibility index (Phi) is 3.43. The number of rotatable bonds is 1. The molecule has 5 heterocycles. The van der Waals surface area contributed by atoms with Gasteiger partial charge in [0.25, 0.3) is 0 Å². The van der Waals surface area contributed by atoms with Gasteiger partial charge in [-0.2, -0.15) is 0 Å². The van der Waals surface area contributed by atoms with Crippen LogP contribution in [-0.4, -0.2) is 22.7 Å². The van der Waals surface area contributed by atoms with Gasteiger partial charge >= 0.3 is 0 Å². The van der Waals surface area contributed by atoms with Crippen molar-refractivity contribution in [3.63, 3.8) is 0 Å². The van der Waals surface area contributed by atoms with Crippen LogP contribution in [0, 0.1) is 24.7 Å². The van der Waals surface area contributed by atoms with Gasteiger partial charge < -0.3 is 9.47 Å². The molecule has 1 aromatic heterocycles. The predicted octanol–water partition coefficient (Wildman–Crippen LogP) is 4.43. The van der Waals surface area contributed by atoms with Gasteiger partial charge in [-0.1, -0.05) is 6.92 Å². The summed E-state index contributed by atoms with van der Waals surface area (Å²) in [6.07, 6.45) is 3.72. The number of hydrogen-bond acceptors (Lipinski definition) is 6. The van der Waals surface area contributed by atoms with E-state index in [2.05, 4.69) is 24.2 Å². The van der Waals surface area contributed by atoms with Crippen LogP contribution in [-0.2, 0) is 19.2 Å². The van der Waals surface area contributed by atoms with E-state index in [-0.39, 0.29) is 5.92 Å². The van der Waals surface area contributed by atoms with Crippen LogP contribution in [0.25, 0.3) is 5.76 Å². The Morgan fingerprint density at radius 2 is 2.04 bits per heavy atom. The summed E-state index contributed by atoms with van der Waals surface area (Å²) in [6.45, 7) is 8.46. The van der Waals surface area contributed by atoms with Crippen molar-refractivity contribution < 1.29 is 19.2 Å².